The van der Waals surface area contributed by atoms with Crippen LogP contribution in [0, 0.1) is 5.92 Å². The molecule has 6 heteroatoms. The van der Waals surface area contributed by atoms with Crippen molar-refractivity contribution in [3.05, 3.63) is 60.2 Å². The summed E-state index contributed by atoms with van der Waals surface area (Å²) in [5, 5.41) is 5.98. The lowest BCUT2D eigenvalue weighted by Crippen LogP contribution is -2.43. The van der Waals surface area contributed by atoms with Crippen molar-refractivity contribution in [3.63, 3.8) is 0 Å². The van der Waals surface area contributed by atoms with E-state index in [4.69, 9.17) is 4.74 Å². The van der Waals surface area contributed by atoms with Crippen molar-refractivity contribution in [1.29, 1.82) is 0 Å². The van der Waals surface area contributed by atoms with E-state index in [0.717, 1.165) is 37.9 Å². The predicted octanol–water partition coefficient (Wildman–Crippen LogP) is 3.44. The topological polar surface area (TPSA) is 70.7 Å². The van der Waals surface area contributed by atoms with Crippen molar-refractivity contribution in [2.24, 2.45) is 5.92 Å². The highest BCUT2D eigenvalue weighted by Crippen LogP contribution is 2.24. The van der Waals surface area contributed by atoms with E-state index in [1.54, 1.807) is 0 Å². The maximum absolute atomic E-state index is 12.5. The zero-order valence-electron chi connectivity index (χ0n) is 17.6. The van der Waals surface area contributed by atoms with Crippen LogP contribution in [0.25, 0.3) is 0 Å². The van der Waals surface area contributed by atoms with Gasteiger partial charge in [0.25, 0.3) is 0 Å². The molecule has 2 N–H and O–H groups in total. The molecule has 1 aliphatic rings. The Morgan fingerprint density at radius 2 is 1.73 bits per heavy atom. The molecule has 1 saturated heterocycles. The van der Waals surface area contributed by atoms with Gasteiger partial charge in [-0.1, -0.05) is 49.4 Å². The Balaban J connectivity index is 1.41. The van der Waals surface area contributed by atoms with E-state index in [1.807, 2.05) is 61.5 Å². The predicted molar refractivity (Wildman–Crippen MR) is 118 cm³/mol. The highest BCUT2D eigenvalue weighted by Gasteiger charge is 2.25. The van der Waals surface area contributed by atoms with Crippen LogP contribution in [0.2, 0.25) is 0 Å². The number of likely N-dealkylation sites (tertiary alicyclic amines) is 1. The molecule has 0 unspecified atom stereocenters. The molecule has 2 aromatic rings. The van der Waals surface area contributed by atoms with E-state index in [0.29, 0.717) is 31.1 Å². The fourth-order valence-corrected chi connectivity index (χ4v) is 3.58. The van der Waals surface area contributed by atoms with Gasteiger partial charge in [-0.2, -0.15) is 0 Å². The number of ether oxygens (including phenoxy) is 1. The van der Waals surface area contributed by atoms with Crippen LogP contribution in [0.1, 0.15) is 31.7 Å². The molecule has 30 heavy (non-hydrogen) atoms. The van der Waals surface area contributed by atoms with Crippen LogP contribution < -0.4 is 15.4 Å². The molecule has 0 aliphatic carbocycles. The van der Waals surface area contributed by atoms with Gasteiger partial charge in [-0.15, -0.1) is 0 Å². The lowest BCUT2D eigenvalue weighted by atomic mass is 9.96. The standard InChI is InChI=1S/C24H31N3O3/c1-2-16-30-22-11-7-6-10-21(22)26-23(28)18-27-14-12-20(13-15-27)24(29)25-17-19-8-4-3-5-9-19/h3-11,20H,2,12-18H2,1H3,(H,25,29)(H,26,28). The Kier molecular flexibility index (Phi) is 8.27. The molecule has 6 nitrogen and oxygen atoms in total. The fourth-order valence-electron chi connectivity index (χ4n) is 3.58. The van der Waals surface area contributed by atoms with Gasteiger partial charge in [-0.25, -0.2) is 0 Å². The minimum atomic E-state index is -0.0606. The summed E-state index contributed by atoms with van der Waals surface area (Å²) < 4.78 is 5.70. The molecule has 0 radical (unpaired) electrons. The summed E-state index contributed by atoms with van der Waals surface area (Å²) in [4.78, 5) is 27.0. The first-order valence-electron chi connectivity index (χ1n) is 10.7. The third-order valence-electron chi connectivity index (χ3n) is 5.26. The van der Waals surface area contributed by atoms with Gasteiger partial charge in [-0.05, 0) is 50.0 Å². The molecule has 0 aromatic heterocycles. The smallest absolute Gasteiger partial charge is 0.238 e. The summed E-state index contributed by atoms with van der Waals surface area (Å²) in [6.45, 7) is 5.03. The molecule has 160 valence electrons. The van der Waals surface area contributed by atoms with Crippen LogP contribution in [-0.2, 0) is 16.1 Å². The quantitative estimate of drug-likeness (QED) is 0.666. The van der Waals surface area contributed by atoms with Gasteiger partial charge in [0.15, 0.2) is 0 Å². The minimum absolute atomic E-state index is 0.0104. The second-order valence-electron chi connectivity index (χ2n) is 7.65. The number of benzene rings is 2. The Hall–Kier alpha value is -2.86. The normalized spacial score (nSPS) is 14.8. The van der Waals surface area contributed by atoms with Gasteiger partial charge < -0.3 is 15.4 Å². The molecular weight excluding hydrogens is 378 g/mol. The second kappa shape index (κ2) is 11.4. The molecule has 0 bridgehead atoms. The molecule has 1 fully saturated rings. The van der Waals surface area contributed by atoms with E-state index >= 15 is 0 Å². The summed E-state index contributed by atoms with van der Waals surface area (Å²) in [7, 11) is 0. The first-order chi connectivity index (χ1) is 14.7. The van der Waals surface area contributed by atoms with Crippen LogP contribution in [0.4, 0.5) is 5.69 Å². The Morgan fingerprint density at radius 1 is 1.03 bits per heavy atom. The highest BCUT2D eigenvalue weighted by molar-refractivity contribution is 5.93. The number of hydrogen-bond acceptors (Lipinski definition) is 4. The molecule has 0 atom stereocenters. The van der Waals surface area contributed by atoms with E-state index in [-0.39, 0.29) is 17.7 Å². The molecule has 3 rings (SSSR count). The Morgan fingerprint density at radius 3 is 2.47 bits per heavy atom. The number of hydrogen-bond donors (Lipinski definition) is 2. The fraction of sp³-hybridized carbons (Fsp3) is 0.417. The number of carbonyl (C=O) groups is 2. The number of amides is 2. The largest absolute Gasteiger partial charge is 0.491 e. The van der Waals surface area contributed by atoms with Crippen molar-refractivity contribution >= 4 is 17.5 Å². The van der Waals surface area contributed by atoms with Gasteiger partial charge >= 0.3 is 0 Å². The van der Waals surface area contributed by atoms with Crippen LogP contribution in [0.5, 0.6) is 5.75 Å². The van der Waals surface area contributed by atoms with Crippen LogP contribution in [0.15, 0.2) is 54.6 Å². The number of rotatable bonds is 9. The average Bonchev–Trinajstić information content (AvgIpc) is 2.78. The average molecular weight is 410 g/mol. The number of anilines is 1. The number of piperidine rings is 1. The SMILES string of the molecule is CCCOc1ccccc1NC(=O)CN1CCC(C(=O)NCc2ccccc2)CC1. The highest BCUT2D eigenvalue weighted by atomic mass is 16.5. The van der Waals surface area contributed by atoms with Gasteiger partial charge in [0.1, 0.15) is 5.75 Å². The molecule has 1 heterocycles. The lowest BCUT2D eigenvalue weighted by Gasteiger charge is -2.30. The van der Waals surface area contributed by atoms with Crippen molar-refractivity contribution in [1.82, 2.24) is 10.2 Å². The zero-order chi connectivity index (χ0) is 21.2. The number of nitrogens with zero attached hydrogens (tertiary/aromatic N) is 1. The van der Waals surface area contributed by atoms with Crippen molar-refractivity contribution in [2.75, 3.05) is 31.6 Å². The number of carbonyl (C=O) groups excluding carboxylic acids is 2. The summed E-state index contributed by atoms with van der Waals surface area (Å²) in [5.74, 6) is 0.747. The van der Waals surface area contributed by atoms with E-state index in [1.165, 1.54) is 0 Å². The van der Waals surface area contributed by atoms with Crippen LogP contribution in [-0.4, -0.2) is 43.0 Å². The second-order valence-corrected chi connectivity index (χ2v) is 7.65. The maximum Gasteiger partial charge on any atom is 0.238 e. The van der Waals surface area contributed by atoms with E-state index in [2.05, 4.69) is 15.5 Å². The molecule has 2 aromatic carbocycles. The third-order valence-corrected chi connectivity index (χ3v) is 5.26. The van der Waals surface area contributed by atoms with Crippen molar-refractivity contribution in [2.45, 2.75) is 32.7 Å². The lowest BCUT2D eigenvalue weighted by molar-refractivity contribution is -0.126. The van der Waals surface area contributed by atoms with Gasteiger partial charge in [0, 0.05) is 12.5 Å². The van der Waals surface area contributed by atoms with Crippen LogP contribution >= 0.6 is 0 Å². The zero-order valence-corrected chi connectivity index (χ0v) is 17.6. The van der Waals surface area contributed by atoms with E-state index < -0.39 is 0 Å². The summed E-state index contributed by atoms with van der Waals surface area (Å²) in [6, 6.07) is 17.4. The molecular formula is C24H31N3O3. The Bertz CT molecular complexity index is 817. The first kappa shape index (κ1) is 21.8. The van der Waals surface area contributed by atoms with Crippen LogP contribution in [0.3, 0.4) is 0 Å². The van der Waals surface area contributed by atoms with Gasteiger partial charge in [-0.3, -0.25) is 14.5 Å². The summed E-state index contributed by atoms with van der Waals surface area (Å²) in [5.41, 5.74) is 1.80. The summed E-state index contributed by atoms with van der Waals surface area (Å²) in [6.07, 6.45) is 2.45. The number of nitrogens with one attached hydrogen (secondary N) is 2. The monoisotopic (exact) mass is 409 g/mol. The van der Waals surface area contributed by atoms with Crippen molar-refractivity contribution < 1.29 is 14.3 Å². The van der Waals surface area contributed by atoms with E-state index in [9.17, 15) is 9.59 Å². The minimum Gasteiger partial charge on any atom is -0.491 e. The van der Waals surface area contributed by atoms with Gasteiger partial charge in [0.05, 0.1) is 18.8 Å². The molecule has 1 aliphatic heterocycles. The van der Waals surface area contributed by atoms with Crippen molar-refractivity contribution in [3.8, 4) is 5.75 Å². The summed E-state index contributed by atoms with van der Waals surface area (Å²) >= 11 is 0. The Labute approximate surface area is 178 Å². The van der Waals surface area contributed by atoms with Gasteiger partial charge in [0.2, 0.25) is 11.8 Å². The number of para-hydroxylation sites is 2. The third kappa shape index (κ3) is 6.59. The molecule has 0 spiro atoms. The molecule has 0 saturated carbocycles. The first-order valence-corrected chi connectivity index (χ1v) is 10.7. The molecule has 2 amide bonds. The maximum atomic E-state index is 12.5.